The molecule has 0 aliphatic carbocycles. The Morgan fingerprint density at radius 1 is 1.08 bits per heavy atom. The van der Waals surface area contributed by atoms with Crippen LogP contribution in [0.3, 0.4) is 0 Å². The minimum atomic E-state index is -0.597. The Bertz CT molecular complexity index is 530. The van der Waals surface area contributed by atoms with Gasteiger partial charge in [-0.15, -0.1) is 0 Å². The van der Waals surface area contributed by atoms with Gasteiger partial charge < -0.3 is 20.7 Å². The second-order valence-electron chi connectivity index (χ2n) is 8.66. The molecule has 0 heterocycles. The molecule has 0 fully saturated rings. The number of hydrogen-bond donors (Lipinski definition) is 3. The summed E-state index contributed by atoms with van der Waals surface area (Å²) in [6, 6.07) is 5.50. The lowest BCUT2D eigenvalue weighted by Crippen LogP contribution is -2.45. The first kappa shape index (κ1) is 22.8. The van der Waals surface area contributed by atoms with Crippen molar-refractivity contribution in [2.45, 2.75) is 84.8 Å². The van der Waals surface area contributed by atoms with E-state index in [4.69, 9.17) is 10.5 Å². The molecule has 0 bridgehead atoms. The van der Waals surface area contributed by atoms with Crippen LogP contribution in [0.4, 0.5) is 0 Å². The highest BCUT2D eigenvalue weighted by molar-refractivity contribution is 5.40. The number of ether oxygens (including phenoxy) is 1. The third kappa shape index (κ3) is 8.41. The van der Waals surface area contributed by atoms with Crippen molar-refractivity contribution >= 4 is 0 Å². The van der Waals surface area contributed by atoms with Gasteiger partial charge in [0.1, 0.15) is 11.5 Å². The largest absolute Gasteiger partial charge is 0.508 e. The average Bonchev–Trinajstić information content (AvgIpc) is 2.53. The van der Waals surface area contributed by atoms with E-state index in [2.05, 4.69) is 34.6 Å². The van der Waals surface area contributed by atoms with Gasteiger partial charge in [-0.2, -0.15) is 0 Å². The van der Waals surface area contributed by atoms with Gasteiger partial charge in [-0.1, -0.05) is 40.2 Å². The fraction of sp³-hybridized carbons (Fsp3) is 0.727. The fourth-order valence-electron chi connectivity index (χ4n) is 3.38. The number of phenolic OH excluding ortho intramolecular Hbond substituents is 1. The van der Waals surface area contributed by atoms with Crippen LogP contribution in [0.15, 0.2) is 18.2 Å². The van der Waals surface area contributed by atoms with Gasteiger partial charge in [-0.25, -0.2) is 0 Å². The third-order valence-corrected chi connectivity index (χ3v) is 4.81. The smallest absolute Gasteiger partial charge is 0.123 e. The Morgan fingerprint density at radius 3 is 2.31 bits per heavy atom. The van der Waals surface area contributed by atoms with E-state index >= 15 is 0 Å². The number of rotatable bonds is 12. The van der Waals surface area contributed by atoms with Crippen molar-refractivity contribution in [1.82, 2.24) is 0 Å². The molecule has 1 aromatic carbocycles. The first-order valence-electron chi connectivity index (χ1n) is 10.0. The molecular formula is C22H39NO3. The van der Waals surface area contributed by atoms with Crippen LogP contribution in [0, 0.1) is 11.8 Å². The van der Waals surface area contributed by atoms with E-state index in [9.17, 15) is 10.2 Å². The zero-order valence-electron chi connectivity index (χ0n) is 17.3. The molecule has 26 heavy (non-hydrogen) atoms. The quantitative estimate of drug-likeness (QED) is 0.504. The molecule has 0 amide bonds. The van der Waals surface area contributed by atoms with Gasteiger partial charge in [0.25, 0.3) is 0 Å². The summed E-state index contributed by atoms with van der Waals surface area (Å²) in [5.74, 6) is 2.08. The number of benzene rings is 1. The molecular weight excluding hydrogens is 326 g/mol. The van der Waals surface area contributed by atoms with Crippen molar-refractivity contribution in [1.29, 1.82) is 0 Å². The molecule has 2 atom stereocenters. The number of aryl methyl sites for hydroxylation is 1. The van der Waals surface area contributed by atoms with E-state index in [1.807, 2.05) is 12.1 Å². The van der Waals surface area contributed by atoms with Crippen molar-refractivity contribution in [2.24, 2.45) is 17.6 Å². The minimum Gasteiger partial charge on any atom is -0.508 e. The van der Waals surface area contributed by atoms with E-state index in [1.54, 1.807) is 6.07 Å². The maximum atomic E-state index is 10.3. The Morgan fingerprint density at radius 2 is 1.77 bits per heavy atom. The molecule has 4 N–H and O–H groups in total. The highest BCUT2D eigenvalue weighted by atomic mass is 16.5. The van der Waals surface area contributed by atoms with Crippen LogP contribution < -0.4 is 10.5 Å². The van der Waals surface area contributed by atoms with Crippen LogP contribution in [0.2, 0.25) is 0 Å². The number of phenols is 1. The maximum Gasteiger partial charge on any atom is 0.123 e. The fourth-order valence-corrected chi connectivity index (χ4v) is 3.38. The SMILES string of the molecule is CC(C)CCC[C@H](C)Oc1ccc(CCC(N)(CO)CC(C)C)c(O)c1. The Balaban J connectivity index is 2.58. The van der Waals surface area contributed by atoms with Crippen LogP contribution in [0.1, 0.15) is 72.3 Å². The van der Waals surface area contributed by atoms with Crippen LogP contribution in [-0.2, 0) is 6.42 Å². The van der Waals surface area contributed by atoms with Crippen LogP contribution in [0.5, 0.6) is 11.5 Å². The van der Waals surface area contributed by atoms with E-state index in [0.717, 1.165) is 30.7 Å². The first-order valence-corrected chi connectivity index (χ1v) is 10.0. The molecule has 0 aliphatic heterocycles. The Labute approximate surface area is 159 Å². The van der Waals surface area contributed by atoms with Crippen molar-refractivity contribution in [3.8, 4) is 11.5 Å². The zero-order valence-corrected chi connectivity index (χ0v) is 17.3. The summed E-state index contributed by atoms with van der Waals surface area (Å²) >= 11 is 0. The van der Waals surface area contributed by atoms with Crippen molar-refractivity contribution in [3.63, 3.8) is 0 Å². The van der Waals surface area contributed by atoms with E-state index in [0.29, 0.717) is 24.5 Å². The van der Waals surface area contributed by atoms with Gasteiger partial charge in [0, 0.05) is 11.6 Å². The standard InChI is InChI=1S/C22H39NO3/c1-16(2)7-6-8-18(5)26-20-10-9-19(21(25)13-20)11-12-22(23,15-24)14-17(3)4/h9-10,13,16-18,24-25H,6-8,11-12,14-15,23H2,1-5H3/t18-,22?/m0/s1. The number of aliphatic hydroxyl groups is 1. The molecule has 4 nitrogen and oxygen atoms in total. The van der Waals surface area contributed by atoms with Gasteiger partial charge >= 0.3 is 0 Å². The zero-order chi connectivity index (χ0) is 19.7. The third-order valence-electron chi connectivity index (χ3n) is 4.81. The number of hydrogen-bond acceptors (Lipinski definition) is 4. The van der Waals surface area contributed by atoms with E-state index in [1.165, 1.54) is 6.42 Å². The predicted molar refractivity (Wildman–Crippen MR) is 109 cm³/mol. The van der Waals surface area contributed by atoms with Crippen molar-refractivity contribution < 1.29 is 14.9 Å². The first-order chi connectivity index (χ1) is 12.1. The second kappa shape index (κ2) is 10.8. The molecule has 0 spiro atoms. The lowest BCUT2D eigenvalue weighted by atomic mass is 9.85. The Kier molecular flexibility index (Phi) is 9.45. The van der Waals surface area contributed by atoms with E-state index in [-0.39, 0.29) is 18.5 Å². The topological polar surface area (TPSA) is 75.7 Å². The van der Waals surface area contributed by atoms with Crippen LogP contribution >= 0.6 is 0 Å². The summed E-state index contributed by atoms with van der Waals surface area (Å²) in [6.07, 6.45) is 5.55. The molecule has 0 saturated carbocycles. The van der Waals surface area contributed by atoms with Gasteiger partial charge in [0.2, 0.25) is 0 Å². The summed E-state index contributed by atoms with van der Waals surface area (Å²) in [5, 5.41) is 19.9. The lowest BCUT2D eigenvalue weighted by Gasteiger charge is -2.29. The van der Waals surface area contributed by atoms with Gasteiger partial charge in [-0.05, 0) is 62.5 Å². The summed E-state index contributed by atoms with van der Waals surface area (Å²) < 4.78 is 5.93. The molecule has 1 aromatic rings. The maximum absolute atomic E-state index is 10.3. The molecule has 150 valence electrons. The highest BCUT2D eigenvalue weighted by Gasteiger charge is 2.25. The van der Waals surface area contributed by atoms with Crippen LogP contribution in [-0.4, -0.2) is 28.5 Å². The number of aromatic hydroxyl groups is 1. The molecule has 4 heteroatoms. The summed E-state index contributed by atoms with van der Waals surface area (Å²) in [5.41, 5.74) is 6.55. The molecule has 0 radical (unpaired) electrons. The summed E-state index contributed by atoms with van der Waals surface area (Å²) in [6.45, 7) is 10.7. The number of nitrogens with two attached hydrogens (primary N) is 1. The van der Waals surface area contributed by atoms with Gasteiger partial charge in [0.05, 0.1) is 12.7 Å². The molecule has 1 rings (SSSR count). The van der Waals surface area contributed by atoms with Crippen molar-refractivity contribution in [2.75, 3.05) is 6.61 Å². The highest BCUT2D eigenvalue weighted by Crippen LogP contribution is 2.28. The predicted octanol–water partition coefficient (Wildman–Crippen LogP) is 4.65. The van der Waals surface area contributed by atoms with Gasteiger partial charge in [-0.3, -0.25) is 0 Å². The summed E-state index contributed by atoms with van der Waals surface area (Å²) in [7, 11) is 0. The lowest BCUT2D eigenvalue weighted by molar-refractivity contribution is 0.165. The van der Waals surface area contributed by atoms with Crippen molar-refractivity contribution in [3.05, 3.63) is 23.8 Å². The summed E-state index contributed by atoms with van der Waals surface area (Å²) in [4.78, 5) is 0. The second-order valence-corrected chi connectivity index (χ2v) is 8.66. The monoisotopic (exact) mass is 365 g/mol. The average molecular weight is 366 g/mol. The number of aliphatic hydroxyl groups excluding tert-OH is 1. The molecule has 0 aliphatic rings. The molecule has 0 aromatic heterocycles. The molecule has 0 saturated heterocycles. The van der Waals surface area contributed by atoms with Gasteiger partial charge in [0.15, 0.2) is 0 Å². The molecule has 1 unspecified atom stereocenters. The Hall–Kier alpha value is -1.26. The van der Waals surface area contributed by atoms with E-state index < -0.39 is 5.54 Å². The minimum absolute atomic E-state index is 0.0406. The van der Waals surface area contributed by atoms with Crippen LogP contribution in [0.25, 0.3) is 0 Å². The normalized spacial score (nSPS) is 15.3.